The van der Waals surface area contributed by atoms with Gasteiger partial charge in [0.05, 0.1) is 13.2 Å². The van der Waals surface area contributed by atoms with Crippen LogP contribution in [0, 0.1) is 5.92 Å². The predicted molar refractivity (Wildman–Crippen MR) is 41.1 cm³/mol. The number of hydrogen-bond donors (Lipinski definition) is 4. The number of aliphatic hydroxyl groups is 4. The van der Waals surface area contributed by atoms with Gasteiger partial charge in [0.1, 0.15) is 0 Å². The highest BCUT2D eigenvalue weighted by molar-refractivity contribution is 4.57. The van der Waals surface area contributed by atoms with Gasteiger partial charge in [-0.3, -0.25) is 0 Å². The van der Waals surface area contributed by atoms with Crippen molar-refractivity contribution < 1.29 is 25.2 Å². The molecule has 5 heteroatoms. The van der Waals surface area contributed by atoms with Crippen LogP contribution in [0.25, 0.3) is 0 Å². The van der Waals surface area contributed by atoms with Gasteiger partial charge in [0, 0.05) is 5.92 Å². The molecular weight excluding hydrogens is 164 g/mol. The number of aliphatic hydroxyl groups excluding tert-OH is 3. The number of hydrogen-bond acceptors (Lipinski definition) is 5. The summed E-state index contributed by atoms with van der Waals surface area (Å²) in [5.74, 6) is -0.425. The van der Waals surface area contributed by atoms with Gasteiger partial charge in [-0.05, 0) is 6.42 Å². The Morgan fingerprint density at radius 2 is 1.83 bits per heavy atom. The van der Waals surface area contributed by atoms with Crippen molar-refractivity contribution in [3.8, 4) is 0 Å². The van der Waals surface area contributed by atoms with Crippen LogP contribution >= 0.6 is 0 Å². The topological polar surface area (TPSA) is 90.2 Å². The largest absolute Gasteiger partial charge is 0.391 e. The molecule has 0 aromatic rings. The molecular formula is C7H16O5. The smallest absolute Gasteiger partial charge is 0.177 e. The molecule has 0 heterocycles. The summed E-state index contributed by atoms with van der Waals surface area (Å²) in [5, 5.41) is 34.6. The van der Waals surface area contributed by atoms with E-state index in [1.54, 1.807) is 6.92 Å². The van der Waals surface area contributed by atoms with Crippen molar-refractivity contribution in [3.05, 3.63) is 0 Å². The second-order valence-corrected chi connectivity index (χ2v) is 2.55. The van der Waals surface area contributed by atoms with E-state index in [0.717, 1.165) is 0 Å². The van der Waals surface area contributed by atoms with Gasteiger partial charge >= 0.3 is 0 Å². The fourth-order valence-corrected chi connectivity index (χ4v) is 0.702. The Morgan fingerprint density at radius 3 is 2.17 bits per heavy atom. The van der Waals surface area contributed by atoms with Crippen molar-refractivity contribution in [2.24, 2.45) is 5.92 Å². The summed E-state index contributed by atoms with van der Waals surface area (Å²) < 4.78 is 4.69. The lowest BCUT2D eigenvalue weighted by Crippen LogP contribution is -2.28. The summed E-state index contributed by atoms with van der Waals surface area (Å²) >= 11 is 0. The molecule has 0 aliphatic heterocycles. The van der Waals surface area contributed by atoms with Crippen molar-refractivity contribution in [1.29, 1.82) is 0 Å². The third-order valence-electron chi connectivity index (χ3n) is 1.60. The Hall–Kier alpha value is -0.200. The first-order valence-electron chi connectivity index (χ1n) is 3.88. The first-order valence-corrected chi connectivity index (χ1v) is 3.88. The monoisotopic (exact) mass is 180 g/mol. The molecule has 5 nitrogen and oxygen atoms in total. The molecule has 2 unspecified atom stereocenters. The van der Waals surface area contributed by atoms with E-state index < -0.39 is 25.1 Å². The summed E-state index contributed by atoms with van der Waals surface area (Å²) in [6.45, 7) is 1.31. The second kappa shape index (κ2) is 6.33. The maximum atomic E-state index is 8.75. The third kappa shape index (κ3) is 4.63. The Labute approximate surface area is 71.2 Å². The summed E-state index contributed by atoms with van der Waals surface area (Å²) in [7, 11) is 0. The van der Waals surface area contributed by atoms with Gasteiger partial charge in [-0.2, -0.15) is 0 Å². The van der Waals surface area contributed by atoms with Gasteiger partial charge in [-0.15, -0.1) is 0 Å². The maximum Gasteiger partial charge on any atom is 0.177 e. The van der Waals surface area contributed by atoms with Gasteiger partial charge < -0.3 is 25.2 Å². The molecule has 2 atom stereocenters. The van der Waals surface area contributed by atoms with Crippen molar-refractivity contribution in [2.75, 3.05) is 13.2 Å². The fraction of sp³-hybridized carbons (Fsp3) is 1.00. The molecule has 0 spiro atoms. The first-order chi connectivity index (χ1) is 5.61. The molecule has 12 heavy (non-hydrogen) atoms. The van der Waals surface area contributed by atoms with E-state index in [-0.39, 0.29) is 6.61 Å². The average molecular weight is 180 g/mol. The standard InChI is InChI=1S/C7H16O5/c1-2-5(7(10)11)4-12-6(9)3-8/h5-11H,2-4H2,1H3. The van der Waals surface area contributed by atoms with E-state index in [1.807, 2.05) is 0 Å². The quantitative estimate of drug-likeness (QED) is 0.379. The van der Waals surface area contributed by atoms with Crippen molar-refractivity contribution in [3.63, 3.8) is 0 Å². The summed E-state index contributed by atoms with van der Waals surface area (Å²) in [6, 6.07) is 0. The molecule has 0 saturated heterocycles. The molecule has 0 aliphatic carbocycles. The van der Waals surface area contributed by atoms with E-state index in [4.69, 9.17) is 25.2 Å². The Morgan fingerprint density at radius 1 is 1.25 bits per heavy atom. The first kappa shape index (κ1) is 11.8. The lowest BCUT2D eigenvalue weighted by molar-refractivity contribution is -0.164. The van der Waals surface area contributed by atoms with Crippen LogP contribution in [0.1, 0.15) is 13.3 Å². The van der Waals surface area contributed by atoms with Crippen LogP contribution in [0.5, 0.6) is 0 Å². The molecule has 4 N–H and O–H groups in total. The highest BCUT2D eigenvalue weighted by Crippen LogP contribution is 2.07. The normalized spacial score (nSPS) is 16.5. The Kier molecular flexibility index (Phi) is 6.23. The van der Waals surface area contributed by atoms with Gasteiger partial charge in [0.15, 0.2) is 12.6 Å². The average Bonchev–Trinajstić information content (AvgIpc) is 2.04. The van der Waals surface area contributed by atoms with Crippen LogP contribution in [0.4, 0.5) is 0 Å². The molecule has 0 amide bonds. The zero-order valence-electron chi connectivity index (χ0n) is 7.05. The van der Waals surface area contributed by atoms with Crippen molar-refractivity contribution in [2.45, 2.75) is 25.9 Å². The molecule has 0 bridgehead atoms. The SMILES string of the molecule is CCC(COC(O)CO)C(O)O. The van der Waals surface area contributed by atoms with Crippen LogP contribution in [-0.2, 0) is 4.74 Å². The Balaban J connectivity index is 3.58. The molecule has 0 aromatic heterocycles. The summed E-state index contributed by atoms with van der Waals surface area (Å²) in [4.78, 5) is 0. The van der Waals surface area contributed by atoms with Crippen LogP contribution in [0.15, 0.2) is 0 Å². The van der Waals surface area contributed by atoms with Crippen molar-refractivity contribution >= 4 is 0 Å². The van der Waals surface area contributed by atoms with Gasteiger partial charge in [0.25, 0.3) is 0 Å². The molecule has 0 fully saturated rings. The summed E-state index contributed by atoms with van der Waals surface area (Å²) in [5.41, 5.74) is 0. The molecule has 0 aromatic carbocycles. The molecule has 74 valence electrons. The number of rotatable bonds is 6. The minimum Gasteiger partial charge on any atom is -0.391 e. The zero-order valence-corrected chi connectivity index (χ0v) is 7.05. The Bertz CT molecular complexity index is 106. The van der Waals surface area contributed by atoms with Crippen molar-refractivity contribution in [1.82, 2.24) is 0 Å². The van der Waals surface area contributed by atoms with Crippen LogP contribution in [-0.4, -0.2) is 46.2 Å². The van der Waals surface area contributed by atoms with E-state index in [0.29, 0.717) is 6.42 Å². The lowest BCUT2D eigenvalue weighted by atomic mass is 10.1. The van der Waals surface area contributed by atoms with E-state index in [2.05, 4.69) is 0 Å². The van der Waals surface area contributed by atoms with E-state index in [9.17, 15) is 0 Å². The fourth-order valence-electron chi connectivity index (χ4n) is 0.702. The zero-order chi connectivity index (χ0) is 9.56. The van der Waals surface area contributed by atoms with Gasteiger partial charge in [-0.1, -0.05) is 6.92 Å². The highest BCUT2D eigenvalue weighted by atomic mass is 16.6. The minimum absolute atomic E-state index is 0.0237. The lowest BCUT2D eigenvalue weighted by Gasteiger charge is -2.18. The van der Waals surface area contributed by atoms with E-state index >= 15 is 0 Å². The second-order valence-electron chi connectivity index (χ2n) is 2.55. The van der Waals surface area contributed by atoms with Gasteiger partial charge in [-0.25, -0.2) is 0 Å². The summed E-state index contributed by atoms with van der Waals surface area (Å²) in [6.07, 6.45) is -2.14. The molecule has 0 saturated carbocycles. The third-order valence-corrected chi connectivity index (χ3v) is 1.60. The van der Waals surface area contributed by atoms with E-state index in [1.165, 1.54) is 0 Å². The molecule has 0 aliphatic rings. The highest BCUT2D eigenvalue weighted by Gasteiger charge is 2.16. The van der Waals surface area contributed by atoms with Crippen LogP contribution < -0.4 is 0 Å². The van der Waals surface area contributed by atoms with Gasteiger partial charge in [0.2, 0.25) is 0 Å². The minimum atomic E-state index is -1.44. The molecule has 0 radical (unpaired) electrons. The maximum absolute atomic E-state index is 8.75. The van der Waals surface area contributed by atoms with Crippen LogP contribution in [0.2, 0.25) is 0 Å². The molecule has 0 rings (SSSR count). The van der Waals surface area contributed by atoms with Crippen LogP contribution in [0.3, 0.4) is 0 Å². The number of ether oxygens (including phenoxy) is 1. The predicted octanol–water partition coefficient (Wildman–Crippen LogP) is -1.35.